The van der Waals surface area contributed by atoms with E-state index < -0.39 is 11.7 Å². The number of aliphatic hydroxyl groups is 1. The predicted molar refractivity (Wildman–Crippen MR) is 76.1 cm³/mol. The number of rotatable bonds is 2. The lowest BCUT2D eigenvalue weighted by atomic mass is 9.96. The highest BCUT2D eigenvalue weighted by atomic mass is 19.4. The normalized spacial score (nSPS) is 12.4. The van der Waals surface area contributed by atoms with Crippen LogP contribution in [0.1, 0.15) is 23.6 Å². The van der Waals surface area contributed by atoms with Crippen molar-refractivity contribution in [1.82, 2.24) is 4.98 Å². The van der Waals surface area contributed by atoms with Crippen molar-refractivity contribution in [3.63, 3.8) is 0 Å². The van der Waals surface area contributed by atoms with Crippen LogP contribution in [0, 0.1) is 0 Å². The smallest absolute Gasteiger partial charge is 0.392 e. The summed E-state index contributed by atoms with van der Waals surface area (Å²) in [6.07, 6.45) is -3.99. The van der Waals surface area contributed by atoms with Crippen LogP contribution in [0.2, 0.25) is 0 Å². The van der Waals surface area contributed by atoms with E-state index in [1.165, 1.54) is 0 Å². The van der Waals surface area contributed by atoms with E-state index in [0.717, 1.165) is 6.07 Å². The first-order valence-corrected chi connectivity index (χ1v) is 6.70. The van der Waals surface area contributed by atoms with Crippen LogP contribution in [-0.4, -0.2) is 10.1 Å². The summed E-state index contributed by atoms with van der Waals surface area (Å²) < 4.78 is 40.2. The average Bonchev–Trinajstić information content (AvgIpc) is 2.83. The summed E-state index contributed by atoms with van der Waals surface area (Å²) in [6.45, 7) is 1.49. The molecule has 0 aliphatic rings. The van der Waals surface area contributed by atoms with Crippen molar-refractivity contribution in [2.75, 3.05) is 0 Å². The fourth-order valence-electron chi connectivity index (χ4n) is 2.86. The molecule has 2 aromatic carbocycles. The molecule has 0 fully saturated rings. The number of aryl methyl sites for hydroxylation is 1. The summed E-state index contributed by atoms with van der Waals surface area (Å²) in [4.78, 5) is 3.02. The van der Waals surface area contributed by atoms with Gasteiger partial charge in [-0.25, -0.2) is 0 Å². The van der Waals surface area contributed by atoms with Crippen LogP contribution in [0.5, 0.6) is 0 Å². The topological polar surface area (TPSA) is 36.0 Å². The molecule has 0 bridgehead atoms. The fourth-order valence-corrected chi connectivity index (χ4v) is 2.86. The monoisotopic (exact) mass is 293 g/mol. The van der Waals surface area contributed by atoms with Crippen molar-refractivity contribution < 1.29 is 18.3 Å². The van der Waals surface area contributed by atoms with Gasteiger partial charge in [0.25, 0.3) is 0 Å². The quantitative estimate of drug-likeness (QED) is 0.722. The van der Waals surface area contributed by atoms with Gasteiger partial charge in [-0.2, -0.15) is 13.2 Å². The van der Waals surface area contributed by atoms with Crippen molar-refractivity contribution in [3.05, 3.63) is 47.0 Å². The molecule has 0 radical (unpaired) electrons. The number of aliphatic hydroxyl groups excluding tert-OH is 1. The Morgan fingerprint density at radius 2 is 1.90 bits per heavy atom. The van der Waals surface area contributed by atoms with Gasteiger partial charge in [-0.1, -0.05) is 25.1 Å². The van der Waals surface area contributed by atoms with Gasteiger partial charge in [-0.05, 0) is 24.1 Å². The number of halogens is 3. The molecule has 110 valence electrons. The minimum atomic E-state index is -4.43. The van der Waals surface area contributed by atoms with Gasteiger partial charge in [-0.15, -0.1) is 0 Å². The number of nitrogens with one attached hydrogen (secondary N) is 1. The maximum absolute atomic E-state index is 13.4. The Kier molecular flexibility index (Phi) is 3.17. The van der Waals surface area contributed by atoms with Gasteiger partial charge in [0.05, 0.1) is 17.7 Å². The highest BCUT2D eigenvalue weighted by Crippen LogP contribution is 2.41. The van der Waals surface area contributed by atoms with Gasteiger partial charge >= 0.3 is 6.18 Å². The molecule has 0 unspecified atom stereocenters. The maximum Gasteiger partial charge on any atom is 0.417 e. The largest absolute Gasteiger partial charge is 0.417 e. The second kappa shape index (κ2) is 4.77. The van der Waals surface area contributed by atoms with Crippen LogP contribution in [-0.2, 0) is 19.2 Å². The van der Waals surface area contributed by atoms with Crippen molar-refractivity contribution in [1.29, 1.82) is 0 Å². The summed E-state index contributed by atoms with van der Waals surface area (Å²) in [5.74, 6) is 0. The lowest BCUT2D eigenvalue weighted by Crippen LogP contribution is -2.08. The highest BCUT2D eigenvalue weighted by Gasteiger charge is 2.35. The molecular weight excluding hydrogens is 279 g/mol. The molecular formula is C16H14F3NO. The Labute approximate surface area is 119 Å². The van der Waals surface area contributed by atoms with E-state index in [1.54, 1.807) is 31.2 Å². The van der Waals surface area contributed by atoms with Crippen LogP contribution in [0.3, 0.4) is 0 Å². The molecule has 0 atom stereocenters. The number of aromatic amines is 1. The first-order valence-electron chi connectivity index (χ1n) is 6.70. The molecule has 2 nitrogen and oxygen atoms in total. The van der Waals surface area contributed by atoms with E-state index in [4.69, 9.17) is 0 Å². The molecule has 1 heterocycles. The molecule has 0 aliphatic carbocycles. The van der Waals surface area contributed by atoms with E-state index in [-0.39, 0.29) is 12.0 Å². The van der Waals surface area contributed by atoms with Crippen LogP contribution < -0.4 is 0 Å². The SMILES string of the molecule is CCc1cc(C(F)(F)F)c2c([nH]c3ccccc32)c1CO. The van der Waals surface area contributed by atoms with Crippen molar-refractivity contribution >= 4 is 21.8 Å². The zero-order chi connectivity index (χ0) is 15.2. The summed E-state index contributed by atoms with van der Waals surface area (Å²) in [7, 11) is 0. The molecule has 0 amide bonds. The third kappa shape index (κ3) is 2.08. The Morgan fingerprint density at radius 1 is 1.19 bits per heavy atom. The predicted octanol–water partition coefficient (Wildman–Crippen LogP) is 4.39. The first kappa shape index (κ1) is 13.9. The molecule has 2 N–H and O–H groups in total. The lowest BCUT2D eigenvalue weighted by Gasteiger charge is -2.14. The Bertz CT molecular complexity index is 818. The minimum Gasteiger partial charge on any atom is -0.392 e. The maximum atomic E-state index is 13.4. The van der Waals surface area contributed by atoms with Crippen LogP contribution in [0.25, 0.3) is 21.8 Å². The standard InChI is InChI=1S/C16H14F3NO/c1-2-9-7-12(16(17,18)19)14-10-5-3-4-6-13(10)20-15(14)11(9)8-21/h3-7,20-21H,2,8H2,1H3. The highest BCUT2D eigenvalue weighted by molar-refractivity contribution is 6.10. The van der Waals surface area contributed by atoms with E-state index >= 15 is 0 Å². The number of hydrogen-bond donors (Lipinski definition) is 2. The van der Waals surface area contributed by atoms with Gasteiger partial charge in [0.1, 0.15) is 0 Å². The van der Waals surface area contributed by atoms with E-state index in [0.29, 0.717) is 34.0 Å². The van der Waals surface area contributed by atoms with Crippen molar-refractivity contribution in [2.24, 2.45) is 0 Å². The molecule has 0 saturated carbocycles. The third-order valence-electron chi connectivity index (χ3n) is 3.83. The lowest BCUT2D eigenvalue weighted by molar-refractivity contribution is -0.136. The second-order valence-electron chi connectivity index (χ2n) is 4.99. The number of fused-ring (bicyclic) bond motifs is 3. The molecule has 1 aromatic heterocycles. The van der Waals surface area contributed by atoms with Crippen molar-refractivity contribution in [2.45, 2.75) is 26.1 Å². The fraction of sp³-hybridized carbons (Fsp3) is 0.250. The van der Waals surface area contributed by atoms with Crippen LogP contribution >= 0.6 is 0 Å². The van der Waals surface area contributed by atoms with Gasteiger partial charge in [0.2, 0.25) is 0 Å². The number of aromatic nitrogens is 1. The van der Waals surface area contributed by atoms with Crippen LogP contribution in [0.15, 0.2) is 30.3 Å². The average molecular weight is 293 g/mol. The number of hydrogen-bond acceptors (Lipinski definition) is 1. The van der Waals surface area contributed by atoms with Crippen LogP contribution in [0.4, 0.5) is 13.2 Å². The number of alkyl halides is 3. The minimum absolute atomic E-state index is 0.138. The second-order valence-corrected chi connectivity index (χ2v) is 4.99. The summed E-state index contributed by atoms with van der Waals surface area (Å²) in [5, 5.41) is 10.2. The summed E-state index contributed by atoms with van der Waals surface area (Å²) in [6, 6.07) is 8.04. The molecule has 0 aliphatic heterocycles. The molecule has 3 aromatic rings. The molecule has 3 rings (SSSR count). The number of benzene rings is 2. The molecule has 5 heteroatoms. The zero-order valence-electron chi connectivity index (χ0n) is 11.4. The van der Waals surface area contributed by atoms with E-state index in [1.807, 2.05) is 0 Å². The third-order valence-corrected chi connectivity index (χ3v) is 3.83. The Morgan fingerprint density at radius 3 is 2.52 bits per heavy atom. The first-order chi connectivity index (χ1) is 9.97. The van der Waals surface area contributed by atoms with Gasteiger partial charge in [0.15, 0.2) is 0 Å². The summed E-state index contributed by atoms with van der Waals surface area (Å²) in [5.41, 5.74) is 1.43. The van der Waals surface area contributed by atoms with Gasteiger partial charge < -0.3 is 10.1 Å². The Hall–Kier alpha value is -2.01. The molecule has 0 saturated heterocycles. The number of para-hydroxylation sites is 1. The van der Waals surface area contributed by atoms with Crippen molar-refractivity contribution in [3.8, 4) is 0 Å². The van der Waals surface area contributed by atoms with Gasteiger partial charge in [0, 0.05) is 21.9 Å². The van der Waals surface area contributed by atoms with Gasteiger partial charge in [-0.3, -0.25) is 0 Å². The van der Waals surface area contributed by atoms with E-state index in [9.17, 15) is 18.3 Å². The number of H-pyrrole nitrogens is 1. The molecule has 21 heavy (non-hydrogen) atoms. The molecule has 0 spiro atoms. The summed E-state index contributed by atoms with van der Waals surface area (Å²) >= 11 is 0. The van der Waals surface area contributed by atoms with E-state index in [2.05, 4.69) is 4.98 Å². The Balaban J connectivity index is 2.56. The zero-order valence-corrected chi connectivity index (χ0v) is 11.4.